The summed E-state index contributed by atoms with van der Waals surface area (Å²) in [5.41, 5.74) is 0. The third-order valence-electron chi connectivity index (χ3n) is 1.80. The highest BCUT2D eigenvalue weighted by Gasteiger charge is 2.11. The average Bonchev–Trinajstić information content (AvgIpc) is 2.48. The SMILES string of the molecule is CCOC(=O)Cc1nnc(NC)n1C. The molecule has 1 rings (SSSR count). The average molecular weight is 198 g/mol. The number of carbonyl (C=O) groups is 1. The van der Waals surface area contributed by atoms with Crippen LogP contribution in [0.5, 0.6) is 0 Å². The van der Waals surface area contributed by atoms with Crippen LogP contribution >= 0.6 is 0 Å². The molecule has 0 fully saturated rings. The zero-order chi connectivity index (χ0) is 10.6. The normalized spacial score (nSPS) is 9.93. The second-order valence-corrected chi connectivity index (χ2v) is 2.73. The number of carbonyl (C=O) groups excluding carboxylic acids is 1. The maximum atomic E-state index is 11.1. The smallest absolute Gasteiger partial charge is 0.313 e. The van der Waals surface area contributed by atoms with E-state index in [1.807, 2.05) is 0 Å². The highest BCUT2D eigenvalue weighted by molar-refractivity contribution is 5.71. The fourth-order valence-electron chi connectivity index (χ4n) is 1.07. The zero-order valence-electron chi connectivity index (χ0n) is 8.57. The number of aromatic nitrogens is 3. The summed E-state index contributed by atoms with van der Waals surface area (Å²) in [4.78, 5) is 11.1. The Kier molecular flexibility index (Phi) is 3.44. The Morgan fingerprint density at radius 1 is 1.57 bits per heavy atom. The first-order valence-corrected chi connectivity index (χ1v) is 4.40. The first-order valence-electron chi connectivity index (χ1n) is 4.40. The standard InChI is InChI=1S/C8H14N4O2/c1-4-14-7(13)5-6-10-11-8(9-2)12(6)3/h4-5H2,1-3H3,(H,9,11). The van der Waals surface area contributed by atoms with Gasteiger partial charge in [0.1, 0.15) is 12.2 Å². The van der Waals surface area contributed by atoms with E-state index in [2.05, 4.69) is 15.5 Å². The van der Waals surface area contributed by atoms with Gasteiger partial charge in [0.25, 0.3) is 0 Å². The van der Waals surface area contributed by atoms with Crippen molar-refractivity contribution >= 4 is 11.9 Å². The predicted octanol–water partition coefficient (Wildman–Crippen LogP) is -0.0376. The summed E-state index contributed by atoms with van der Waals surface area (Å²) >= 11 is 0. The Balaban J connectivity index is 2.67. The van der Waals surface area contributed by atoms with Crippen molar-refractivity contribution in [2.45, 2.75) is 13.3 Å². The lowest BCUT2D eigenvalue weighted by molar-refractivity contribution is -0.142. The van der Waals surface area contributed by atoms with E-state index in [0.29, 0.717) is 18.4 Å². The van der Waals surface area contributed by atoms with Crippen molar-refractivity contribution in [2.75, 3.05) is 19.0 Å². The lowest BCUT2D eigenvalue weighted by Crippen LogP contribution is -2.11. The van der Waals surface area contributed by atoms with Crippen LogP contribution in [0, 0.1) is 0 Å². The molecule has 1 heterocycles. The molecule has 0 saturated heterocycles. The van der Waals surface area contributed by atoms with Crippen LogP contribution in [-0.4, -0.2) is 34.4 Å². The van der Waals surface area contributed by atoms with Crippen molar-refractivity contribution in [3.63, 3.8) is 0 Å². The van der Waals surface area contributed by atoms with Gasteiger partial charge in [-0.15, -0.1) is 10.2 Å². The Morgan fingerprint density at radius 3 is 2.79 bits per heavy atom. The minimum Gasteiger partial charge on any atom is -0.466 e. The van der Waals surface area contributed by atoms with Gasteiger partial charge in [-0.1, -0.05) is 0 Å². The summed E-state index contributed by atoms with van der Waals surface area (Å²) < 4.78 is 6.52. The van der Waals surface area contributed by atoms with Crippen molar-refractivity contribution in [3.8, 4) is 0 Å². The van der Waals surface area contributed by atoms with Crippen LogP contribution in [0.15, 0.2) is 0 Å². The number of hydrogen-bond donors (Lipinski definition) is 1. The molecule has 0 radical (unpaired) electrons. The number of ether oxygens (including phenoxy) is 1. The fourth-order valence-corrected chi connectivity index (χ4v) is 1.07. The molecule has 6 heteroatoms. The van der Waals surface area contributed by atoms with Crippen molar-refractivity contribution in [3.05, 3.63) is 5.82 Å². The largest absolute Gasteiger partial charge is 0.466 e. The highest BCUT2D eigenvalue weighted by atomic mass is 16.5. The molecule has 0 aliphatic carbocycles. The number of esters is 1. The molecule has 0 spiro atoms. The quantitative estimate of drug-likeness (QED) is 0.687. The van der Waals surface area contributed by atoms with Gasteiger partial charge in [0.15, 0.2) is 0 Å². The molecule has 0 amide bonds. The lowest BCUT2D eigenvalue weighted by Gasteiger charge is -2.02. The summed E-state index contributed by atoms with van der Waals surface area (Å²) in [6, 6.07) is 0. The van der Waals surface area contributed by atoms with E-state index in [4.69, 9.17) is 4.74 Å². The molecule has 0 atom stereocenters. The van der Waals surface area contributed by atoms with E-state index >= 15 is 0 Å². The summed E-state index contributed by atoms with van der Waals surface area (Å²) in [7, 11) is 3.54. The second-order valence-electron chi connectivity index (χ2n) is 2.73. The molecule has 0 aliphatic heterocycles. The van der Waals surface area contributed by atoms with Gasteiger partial charge in [-0.25, -0.2) is 0 Å². The van der Waals surface area contributed by atoms with Crippen LogP contribution in [0.1, 0.15) is 12.7 Å². The van der Waals surface area contributed by atoms with E-state index in [9.17, 15) is 4.79 Å². The highest BCUT2D eigenvalue weighted by Crippen LogP contribution is 2.04. The van der Waals surface area contributed by atoms with E-state index < -0.39 is 0 Å². The third-order valence-corrected chi connectivity index (χ3v) is 1.80. The fraction of sp³-hybridized carbons (Fsp3) is 0.625. The maximum absolute atomic E-state index is 11.1. The van der Waals surface area contributed by atoms with Gasteiger partial charge in [-0.3, -0.25) is 4.79 Å². The summed E-state index contributed by atoms with van der Waals surface area (Å²) in [6.07, 6.45) is 0.152. The number of nitrogens with one attached hydrogen (secondary N) is 1. The first-order chi connectivity index (χ1) is 6.69. The monoisotopic (exact) mass is 198 g/mol. The first kappa shape index (κ1) is 10.5. The molecule has 0 aromatic carbocycles. The van der Waals surface area contributed by atoms with Gasteiger partial charge in [-0.2, -0.15) is 0 Å². The Labute approximate surface area is 82.3 Å². The minimum atomic E-state index is -0.286. The summed E-state index contributed by atoms with van der Waals surface area (Å²) in [6.45, 7) is 2.16. The Bertz CT molecular complexity index is 321. The Morgan fingerprint density at radius 2 is 2.29 bits per heavy atom. The van der Waals surface area contributed by atoms with Crippen molar-refractivity contribution < 1.29 is 9.53 Å². The predicted molar refractivity (Wildman–Crippen MR) is 50.9 cm³/mol. The van der Waals surface area contributed by atoms with Gasteiger partial charge in [0.05, 0.1) is 6.61 Å². The topological polar surface area (TPSA) is 69.0 Å². The van der Waals surface area contributed by atoms with Gasteiger partial charge in [0.2, 0.25) is 5.95 Å². The molecule has 0 saturated carbocycles. The number of hydrogen-bond acceptors (Lipinski definition) is 5. The van der Waals surface area contributed by atoms with Crippen LogP contribution in [0.2, 0.25) is 0 Å². The van der Waals surface area contributed by atoms with Crippen LogP contribution in [-0.2, 0) is 23.0 Å². The molecule has 1 aromatic heterocycles. The molecule has 0 unspecified atom stereocenters. The molecule has 78 valence electrons. The van der Waals surface area contributed by atoms with E-state index in [0.717, 1.165) is 0 Å². The molecule has 1 N–H and O–H groups in total. The van der Waals surface area contributed by atoms with Crippen LogP contribution in [0.25, 0.3) is 0 Å². The molecule has 1 aromatic rings. The second kappa shape index (κ2) is 4.59. The molecule has 0 bridgehead atoms. The van der Waals surface area contributed by atoms with Gasteiger partial charge >= 0.3 is 5.97 Å². The molecule has 6 nitrogen and oxygen atoms in total. The Hall–Kier alpha value is -1.59. The number of anilines is 1. The van der Waals surface area contributed by atoms with Gasteiger partial charge in [0, 0.05) is 14.1 Å². The molecular weight excluding hydrogens is 184 g/mol. The van der Waals surface area contributed by atoms with Crippen molar-refractivity contribution in [2.24, 2.45) is 7.05 Å². The third kappa shape index (κ3) is 2.21. The van der Waals surface area contributed by atoms with Gasteiger partial charge in [-0.05, 0) is 6.92 Å². The van der Waals surface area contributed by atoms with E-state index in [1.54, 1.807) is 25.6 Å². The van der Waals surface area contributed by atoms with Crippen molar-refractivity contribution in [1.29, 1.82) is 0 Å². The summed E-state index contributed by atoms with van der Waals surface area (Å²) in [5.74, 6) is 0.933. The molecule has 0 aliphatic rings. The number of rotatable bonds is 4. The van der Waals surface area contributed by atoms with Gasteiger partial charge < -0.3 is 14.6 Å². The summed E-state index contributed by atoms with van der Waals surface area (Å²) in [5, 5.41) is 10.6. The van der Waals surface area contributed by atoms with E-state index in [1.165, 1.54) is 0 Å². The molecular formula is C8H14N4O2. The van der Waals surface area contributed by atoms with Crippen LogP contribution in [0.4, 0.5) is 5.95 Å². The van der Waals surface area contributed by atoms with Crippen LogP contribution in [0.3, 0.4) is 0 Å². The van der Waals surface area contributed by atoms with E-state index in [-0.39, 0.29) is 12.4 Å². The zero-order valence-corrected chi connectivity index (χ0v) is 8.57. The number of nitrogens with zero attached hydrogens (tertiary/aromatic N) is 3. The molecule has 14 heavy (non-hydrogen) atoms. The maximum Gasteiger partial charge on any atom is 0.313 e. The minimum absolute atomic E-state index is 0.152. The van der Waals surface area contributed by atoms with Crippen molar-refractivity contribution in [1.82, 2.24) is 14.8 Å². The lowest BCUT2D eigenvalue weighted by atomic mass is 10.4. The van der Waals surface area contributed by atoms with Crippen LogP contribution < -0.4 is 5.32 Å².